The second kappa shape index (κ2) is 6.64. The largest absolute Gasteiger partial charge is 0.497 e. The van der Waals surface area contributed by atoms with Crippen molar-refractivity contribution < 1.29 is 19.2 Å². The molecule has 25 heavy (non-hydrogen) atoms. The van der Waals surface area contributed by atoms with E-state index in [1.165, 1.54) is 22.5 Å². The topological polar surface area (TPSA) is 67.8 Å². The van der Waals surface area contributed by atoms with E-state index in [9.17, 15) is 0 Å². The van der Waals surface area contributed by atoms with Crippen LogP contribution in [0.2, 0.25) is 0 Å². The number of fused-ring (bicyclic) bond motifs is 1. The molecular formula is C19H19N2O3S+. The Morgan fingerprint density at radius 1 is 1.16 bits per heavy atom. The van der Waals surface area contributed by atoms with Crippen LogP contribution in [0.3, 0.4) is 0 Å². The van der Waals surface area contributed by atoms with Gasteiger partial charge < -0.3 is 14.2 Å². The molecule has 0 amide bonds. The normalized spacial score (nSPS) is 13.6. The summed E-state index contributed by atoms with van der Waals surface area (Å²) in [5.41, 5.74) is 9.40. The maximum Gasteiger partial charge on any atom is 0.329 e. The monoisotopic (exact) mass is 355 g/mol. The minimum absolute atomic E-state index is 0.167. The summed E-state index contributed by atoms with van der Waals surface area (Å²) in [5, 5.41) is 2.79. The zero-order valence-corrected chi connectivity index (χ0v) is 14.6. The third kappa shape index (κ3) is 3.25. The quantitative estimate of drug-likeness (QED) is 0.763. The molecule has 3 N–H and O–H groups in total. The Morgan fingerprint density at radius 2 is 1.96 bits per heavy atom. The second-order valence-corrected chi connectivity index (χ2v) is 6.81. The number of rotatable bonds is 5. The van der Waals surface area contributed by atoms with Crippen LogP contribution in [0.1, 0.15) is 22.7 Å². The number of methoxy groups -OCH3 is 1. The number of nitrogen functional groups attached to an aromatic ring is 1. The SMILES string of the molecule is COc1ccc(C(Cc2ccc3c(c2)OCO3)c2csc(N)[nH+]2)cc1. The lowest BCUT2D eigenvalue weighted by Gasteiger charge is -2.15. The molecule has 5 nitrogen and oxygen atoms in total. The van der Waals surface area contributed by atoms with Crippen LogP contribution in [0.4, 0.5) is 5.13 Å². The smallest absolute Gasteiger partial charge is 0.329 e. The molecule has 0 radical (unpaired) electrons. The van der Waals surface area contributed by atoms with Crippen molar-refractivity contribution in [3.63, 3.8) is 0 Å². The van der Waals surface area contributed by atoms with Crippen molar-refractivity contribution in [2.24, 2.45) is 0 Å². The van der Waals surface area contributed by atoms with Gasteiger partial charge in [-0.15, -0.1) is 0 Å². The standard InChI is InChI=1S/C19H18N2O3S/c1-22-14-5-3-13(4-6-14)15(16-10-25-19(20)21-16)8-12-2-7-17-18(9-12)24-11-23-17/h2-7,9-10,15H,8,11H2,1H3,(H2,20,21)/p+1. The second-order valence-electron chi connectivity index (χ2n) is 5.90. The van der Waals surface area contributed by atoms with Crippen LogP contribution in [-0.4, -0.2) is 13.9 Å². The highest BCUT2D eigenvalue weighted by atomic mass is 32.1. The molecule has 128 valence electrons. The number of H-pyrrole nitrogens is 1. The maximum atomic E-state index is 5.91. The van der Waals surface area contributed by atoms with E-state index in [0.29, 0.717) is 5.13 Å². The molecule has 0 saturated carbocycles. The van der Waals surface area contributed by atoms with Crippen molar-refractivity contribution in [3.05, 3.63) is 64.7 Å². The van der Waals surface area contributed by atoms with Crippen LogP contribution in [0.25, 0.3) is 0 Å². The summed E-state index contributed by atoms with van der Waals surface area (Å²) >= 11 is 1.52. The highest BCUT2D eigenvalue weighted by molar-refractivity contribution is 7.13. The molecule has 2 aromatic carbocycles. The molecule has 1 aliphatic rings. The van der Waals surface area contributed by atoms with E-state index in [-0.39, 0.29) is 12.7 Å². The number of nitrogens with two attached hydrogens (primary N) is 1. The number of anilines is 1. The number of aromatic nitrogens is 1. The van der Waals surface area contributed by atoms with E-state index < -0.39 is 0 Å². The summed E-state index contributed by atoms with van der Waals surface area (Å²) in [6.07, 6.45) is 0.829. The molecule has 0 bridgehead atoms. The fourth-order valence-corrected chi connectivity index (χ4v) is 3.70. The maximum absolute atomic E-state index is 5.91. The van der Waals surface area contributed by atoms with Gasteiger partial charge in [0.05, 0.1) is 13.0 Å². The van der Waals surface area contributed by atoms with Crippen molar-refractivity contribution >= 4 is 16.5 Å². The molecule has 1 aliphatic heterocycles. The fourth-order valence-electron chi connectivity index (χ4n) is 3.04. The summed E-state index contributed by atoms with van der Waals surface area (Å²) in [6, 6.07) is 14.3. The Morgan fingerprint density at radius 3 is 2.68 bits per heavy atom. The number of hydrogen-bond donors (Lipinski definition) is 1. The average Bonchev–Trinajstić information content (AvgIpc) is 3.28. The van der Waals surface area contributed by atoms with Gasteiger partial charge in [0.1, 0.15) is 11.4 Å². The zero-order chi connectivity index (χ0) is 17.2. The summed E-state index contributed by atoms with van der Waals surface area (Å²) in [7, 11) is 1.67. The van der Waals surface area contributed by atoms with E-state index in [2.05, 4.69) is 34.6 Å². The Hall–Kier alpha value is -2.73. The molecule has 1 unspecified atom stereocenters. The molecule has 2 heterocycles. The van der Waals surface area contributed by atoms with Crippen LogP contribution in [0.5, 0.6) is 17.2 Å². The van der Waals surface area contributed by atoms with Crippen LogP contribution in [0, 0.1) is 0 Å². The van der Waals surface area contributed by atoms with Gasteiger partial charge in [0.15, 0.2) is 11.5 Å². The first kappa shape index (κ1) is 15.8. The van der Waals surface area contributed by atoms with Crippen LogP contribution < -0.4 is 24.9 Å². The first-order valence-corrected chi connectivity index (χ1v) is 8.89. The molecule has 4 rings (SSSR count). The molecule has 1 aromatic heterocycles. The third-order valence-corrected chi connectivity index (χ3v) is 5.08. The third-order valence-electron chi connectivity index (χ3n) is 4.35. The molecule has 0 spiro atoms. The lowest BCUT2D eigenvalue weighted by molar-refractivity contribution is -0.368. The van der Waals surface area contributed by atoms with Crippen LogP contribution >= 0.6 is 11.3 Å². The Labute approximate surface area is 150 Å². The molecule has 3 aromatic rings. The van der Waals surface area contributed by atoms with Crippen LogP contribution in [0.15, 0.2) is 47.8 Å². The van der Waals surface area contributed by atoms with Gasteiger partial charge in [0.25, 0.3) is 0 Å². The summed E-state index contributed by atoms with van der Waals surface area (Å²) in [5.74, 6) is 2.62. The van der Waals surface area contributed by atoms with Crippen molar-refractivity contribution in [2.45, 2.75) is 12.3 Å². The van der Waals surface area contributed by atoms with Crippen molar-refractivity contribution in [2.75, 3.05) is 19.6 Å². The number of thiazole rings is 1. The molecule has 0 aliphatic carbocycles. The van der Waals surface area contributed by atoms with Gasteiger partial charge in [-0.2, -0.15) is 0 Å². The predicted molar refractivity (Wildman–Crippen MR) is 96.4 cm³/mol. The molecular weight excluding hydrogens is 336 g/mol. The number of nitrogens with one attached hydrogen (secondary N) is 1. The van der Waals surface area contributed by atoms with Crippen LogP contribution in [-0.2, 0) is 6.42 Å². The zero-order valence-electron chi connectivity index (χ0n) is 13.8. The van der Waals surface area contributed by atoms with Gasteiger partial charge in [0.2, 0.25) is 6.79 Å². The minimum Gasteiger partial charge on any atom is -0.497 e. The fraction of sp³-hybridized carbons (Fsp3) is 0.211. The van der Waals surface area contributed by atoms with E-state index in [0.717, 1.165) is 29.4 Å². The number of hydrogen-bond acceptors (Lipinski definition) is 5. The summed E-state index contributed by atoms with van der Waals surface area (Å²) in [6.45, 7) is 0.287. The molecule has 0 fully saturated rings. The molecule has 1 atom stereocenters. The summed E-state index contributed by atoms with van der Waals surface area (Å²) < 4.78 is 16.2. The Kier molecular flexibility index (Phi) is 4.19. The van der Waals surface area contributed by atoms with Crippen molar-refractivity contribution in [1.29, 1.82) is 0 Å². The van der Waals surface area contributed by atoms with E-state index in [1.54, 1.807) is 7.11 Å². The number of aromatic amines is 1. The van der Waals surface area contributed by atoms with Crippen molar-refractivity contribution in [1.82, 2.24) is 0 Å². The van der Waals surface area contributed by atoms with Gasteiger partial charge in [-0.25, -0.2) is 4.98 Å². The van der Waals surface area contributed by atoms with Gasteiger partial charge in [-0.1, -0.05) is 29.5 Å². The predicted octanol–water partition coefficient (Wildman–Crippen LogP) is 3.26. The van der Waals surface area contributed by atoms with Gasteiger partial charge in [0, 0.05) is 5.38 Å². The lowest BCUT2D eigenvalue weighted by Crippen LogP contribution is -2.17. The van der Waals surface area contributed by atoms with E-state index >= 15 is 0 Å². The van der Waals surface area contributed by atoms with Gasteiger partial charge in [-0.05, 0) is 41.8 Å². The first-order chi connectivity index (χ1) is 12.2. The summed E-state index contributed by atoms with van der Waals surface area (Å²) in [4.78, 5) is 3.28. The molecule has 6 heteroatoms. The average molecular weight is 355 g/mol. The van der Waals surface area contributed by atoms with E-state index in [1.807, 2.05) is 18.2 Å². The van der Waals surface area contributed by atoms with Crippen molar-refractivity contribution in [3.8, 4) is 17.2 Å². The number of benzene rings is 2. The first-order valence-electron chi connectivity index (χ1n) is 8.01. The molecule has 0 saturated heterocycles. The Balaban J connectivity index is 1.67. The highest BCUT2D eigenvalue weighted by Gasteiger charge is 2.22. The van der Waals surface area contributed by atoms with Gasteiger partial charge >= 0.3 is 5.13 Å². The highest BCUT2D eigenvalue weighted by Crippen LogP contribution is 2.35. The number of ether oxygens (including phenoxy) is 3. The minimum atomic E-state index is 0.167. The van der Waals surface area contributed by atoms with Gasteiger partial charge in [-0.3, -0.25) is 5.73 Å². The lowest BCUT2D eigenvalue weighted by atomic mass is 9.89. The Bertz CT molecular complexity index is 877. The van der Waals surface area contributed by atoms with E-state index in [4.69, 9.17) is 19.9 Å².